The molecule has 1 atom stereocenters. The lowest BCUT2D eigenvalue weighted by Crippen LogP contribution is -2.42. The second-order valence-electron chi connectivity index (χ2n) is 5.34. The van der Waals surface area contributed by atoms with Crippen molar-refractivity contribution in [3.63, 3.8) is 0 Å². The van der Waals surface area contributed by atoms with E-state index in [0.29, 0.717) is 12.5 Å². The standard InChI is InChI=1S/C12H21NO2/c1-9-2-4-10(5-3-9)12(11(14)15)6-7-13-8-12/h9-10,13H,2-8H2,1H3,(H,14,15). The lowest BCUT2D eigenvalue weighted by Gasteiger charge is -2.37. The summed E-state index contributed by atoms with van der Waals surface area (Å²) in [6.07, 6.45) is 5.45. The number of hydrogen-bond acceptors (Lipinski definition) is 2. The third-order valence-electron chi connectivity index (χ3n) is 4.41. The highest BCUT2D eigenvalue weighted by Crippen LogP contribution is 2.44. The van der Waals surface area contributed by atoms with Crippen molar-refractivity contribution in [2.45, 2.75) is 39.0 Å². The fourth-order valence-electron chi connectivity index (χ4n) is 3.23. The van der Waals surface area contributed by atoms with Gasteiger partial charge in [-0.2, -0.15) is 0 Å². The number of nitrogens with one attached hydrogen (secondary N) is 1. The van der Waals surface area contributed by atoms with Gasteiger partial charge in [-0.25, -0.2) is 0 Å². The van der Waals surface area contributed by atoms with Gasteiger partial charge in [0.25, 0.3) is 0 Å². The maximum atomic E-state index is 11.5. The number of carbonyl (C=O) groups is 1. The molecule has 0 aromatic heterocycles. The average molecular weight is 211 g/mol. The smallest absolute Gasteiger partial charge is 0.311 e. The van der Waals surface area contributed by atoms with Crippen LogP contribution in [-0.4, -0.2) is 24.2 Å². The molecule has 0 aromatic rings. The second kappa shape index (κ2) is 4.12. The van der Waals surface area contributed by atoms with Crippen molar-refractivity contribution in [3.8, 4) is 0 Å². The van der Waals surface area contributed by atoms with Crippen LogP contribution < -0.4 is 5.32 Å². The van der Waals surface area contributed by atoms with Gasteiger partial charge < -0.3 is 10.4 Å². The van der Waals surface area contributed by atoms with Crippen LogP contribution in [0.3, 0.4) is 0 Å². The Balaban J connectivity index is 2.08. The highest BCUT2D eigenvalue weighted by molar-refractivity contribution is 5.76. The molecule has 1 saturated heterocycles. The van der Waals surface area contributed by atoms with E-state index in [1.165, 1.54) is 12.8 Å². The van der Waals surface area contributed by atoms with Gasteiger partial charge in [0.15, 0.2) is 0 Å². The van der Waals surface area contributed by atoms with Crippen LogP contribution in [-0.2, 0) is 4.79 Å². The molecule has 2 N–H and O–H groups in total. The summed E-state index contributed by atoms with van der Waals surface area (Å²) < 4.78 is 0. The highest BCUT2D eigenvalue weighted by Gasteiger charge is 2.48. The summed E-state index contributed by atoms with van der Waals surface area (Å²) in [4.78, 5) is 11.5. The molecular formula is C12H21NO2. The Bertz CT molecular complexity index is 238. The van der Waals surface area contributed by atoms with E-state index in [9.17, 15) is 9.90 Å². The van der Waals surface area contributed by atoms with Gasteiger partial charge >= 0.3 is 5.97 Å². The maximum absolute atomic E-state index is 11.5. The lowest BCUT2D eigenvalue weighted by atomic mass is 9.66. The molecule has 2 aliphatic rings. The van der Waals surface area contributed by atoms with E-state index < -0.39 is 11.4 Å². The minimum Gasteiger partial charge on any atom is -0.481 e. The number of carboxylic acids is 1. The summed E-state index contributed by atoms with van der Waals surface area (Å²) in [6.45, 7) is 3.83. The summed E-state index contributed by atoms with van der Waals surface area (Å²) >= 11 is 0. The number of carboxylic acid groups (broad SMARTS) is 1. The summed E-state index contributed by atoms with van der Waals surface area (Å²) in [7, 11) is 0. The molecule has 0 bridgehead atoms. The van der Waals surface area contributed by atoms with Crippen molar-refractivity contribution in [3.05, 3.63) is 0 Å². The SMILES string of the molecule is CC1CCC(C2(C(=O)O)CCNC2)CC1. The van der Waals surface area contributed by atoms with Crippen LogP contribution >= 0.6 is 0 Å². The number of hydrogen-bond donors (Lipinski definition) is 2. The molecule has 1 saturated carbocycles. The molecule has 1 aliphatic heterocycles. The molecule has 86 valence electrons. The van der Waals surface area contributed by atoms with Crippen LogP contribution in [0.15, 0.2) is 0 Å². The van der Waals surface area contributed by atoms with Gasteiger partial charge in [0.1, 0.15) is 0 Å². The molecule has 1 heterocycles. The Morgan fingerprint density at radius 3 is 2.47 bits per heavy atom. The summed E-state index contributed by atoms with van der Waals surface area (Å²) in [5.41, 5.74) is -0.444. The molecular weight excluding hydrogens is 190 g/mol. The van der Waals surface area contributed by atoms with Gasteiger partial charge in [0.05, 0.1) is 5.41 Å². The van der Waals surface area contributed by atoms with E-state index in [0.717, 1.165) is 31.7 Å². The zero-order chi connectivity index (χ0) is 10.9. The predicted octanol–water partition coefficient (Wildman–Crippen LogP) is 1.88. The van der Waals surface area contributed by atoms with E-state index in [1.807, 2.05) is 0 Å². The largest absolute Gasteiger partial charge is 0.481 e. The Morgan fingerprint density at radius 1 is 1.33 bits per heavy atom. The zero-order valence-corrected chi connectivity index (χ0v) is 9.46. The van der Waals surface area contributed by atoms with Crippen molar-refractivity contribution >= 4 is 5.97 Å². The summed E-state index contributed by atoms with van der Waals surface area (Å²) in [5, 5.41) is 12.7. The van der Waals surface area contributed by atoms with Crippen molar-refractivity contribution < 1.29 is 9.90 Å². The van der Waals surface area contributed by atoms with Crippen molar-refractivity contribution in [1.29, 1.82) is 0 Å². The van der Waals surface area contributed by atoms with E-state index in [2.05, 4.69) is 12.2 Å². The first-order valence-electron chi connectivity index (χ1n) is 6.09. The molecule has 15 heavy (non-hydrogen) atoms. The molecule has 0 amide bonds. The maximum Gasteiger partial charge on any atom is 0.311 e. The second-order valence-corrected chi connectivity index (χ2v) is 5.34. The van der Waals surface area contributed by atoms with Crippen LogP contribution in [0, 0.1) is 17.3 Å². The third-order valence-corrected chi connectivity index (χ3v) is 4.41. The summed E-state index contributed by atoms with van der Waals surface area (Å²) in [6, 6.07) is 0. The Morgan fingerprint density at radius 2 is 2.00 bits per heavy atom. The Hall–Kier alpha value is -0.570. The quantitative estimate of drug-likeness (QED) is 0.733. The first-order chi connectivity index (χ1) is 7.15. The molecule has 1 aliphatic carbocycles. The van der Waals surface area contributed by atoms with Crippen molar-refractivity contribution in [1.82, 2.24) is 5.32 Å². The monoisotopic (exact) mass is 211 g/mol. The lowest BCUT2D eigenvalue weighted by molar-refractivity contribution is -0.152. The van der Waals surface area contributed by atoms with E-state index in [1.54, 1.807) is 0 Å². The van der Waals surface area contributed by atoms with Gasteiger partial charge in [-0.15, -0.1) is 0 Å². The predicted molar refractivity (Wildman–Crippen MR) is 58.7 cm³/mol. The normalized spacial score (nSPS) is 41.7. The van der Waals surface area contributed by atoms with E-state index in [-0.39, 0.29) is 0 Å². The minimum atomic E-state index is -0.577. The van der Waals surface area contributed by atoms with Crippen LogP contribution in [0.4, 0.5) is 0 Å². The molecule has 0 spiro atoms. The average Bonchev–Trinajstić information content (AvgIpc) is 2.69. The molecule has 2 rings (SSSR count). The number of aliphatic carboxylic acids is 1. The first-order valence-corrected chi connectivity index (χ1v) is 6.09. The van der Waals surface area contributed by atoms with Gasteiger partial charge in [0.2, 0.25) is 0 Å². The van der Waals surface area contributed by atoms with Gasteiger partial charge in [0, 0.05) is 6.54 Å². The first kappa shape index (κ1) is 10.9. The Labute approximate surface area is 91.2 Å². The summed E-state index contributed by atoms with van der Waals surface area (Å²) in [5.74, 6) is 0.620. The van der Waals surface area contributed by atoms with E-state index >= 15 is 0 Å². The van der Waals surface area contributed by atoms with Crippen LogP contribution in [0.1, 0.15) is 39.0 Å². The van der Waals surface area contributed by atoms with Gasteiger partial charge in [-0.1, -0.05) is 19.8 Å². The number of rotatable bonds is 2. The fourth-order valence-corrected chi connectivity index (χ4v) is 3.23. The van der Waals surface area contributed by atoms with Gasteiger partial charge in [-0.05, 0) is 37.6 Å². The van der Waals surface area contributed by atoms with Crippen LogP contribution in [0.2, 0.25) is 0 Å². The van der Waals surface area contributed by atoms with Crippen molar-refractivity contribution in [2.24, 2.45) is 17.3 Å². The molecule has 3 nitrogen and oxygen atoms in total. The third kappa shape index (κ3) is 1.89. The van der Waals surface area contributed by atoms with E-state index in [4.69, 9.17) is 0 Å². The van der Waals surface area contributed by atoms with Crippen LogP contribution in [0.25, 0.3) is 0 Å². The molecule has 1 unspecified atom stereocenters. The molecule has 0 aromatic carbocycles. The van der Waals surface area contributed by atoms with Crippen molar-refractivity contribution in [2.75, 3.05) is 13.1 Å². The topological polar surface area (TPSA) is 49.3 Å². The molecule has 3 heteroatoms. The zero-order valence-electron chi connectivity index (χ0n) is 9.46. The molecule has 0 radical (unpaired) electrons. The fraction of sp³-hybridized carbons (Fsp3) is 0.917. The molecule has 2 fully saturated rings. The van der Waals surface area contributed by atoms with Gasteiger partial charge in [-0.3, -0.25) is 4.79 Å². The Kier molecular flexibility index (Phi) is 3.01. The minimum absolute atomic E-state index is 0.404. The van der Waals surface area contributed by atoms with Crippen LogP contribution in [0.5, 0.6) is 0 Å². The highest BCUT2D eigenvalue weighted by atomic mass is 16.4.